The number of benzene rings is 1. The van der Waals surface area contributed by atoms with E-state index in [9.17, 15) is 9.59 Å². The lowest BCUT2D eigenvalue weighted by atomic mass is 9.76. The summed E-state index contributed by atoms with van der Waals surface area (Å²) in [5.41, 5.74) is 0.137. The van der Waals surface area contributed by atoms with Crippen LogP contribution < -0.4 is 4.74 Å². The van der Waals surface area contributed by atoms with Crippen LogP contribution in [0.25, 0.3) is 0 Å². The number of carbonyl (C=O) groups is 2. The summed E-state index contributed by atoms with van der Waals surface area (Å²) in [6, 6.07) is 9.40. The van der Waals surface area contributed by atoms with Gasteiger partial charge in [-0.1, -0.05) is 18.2 Å². The van der Waals surface area contributed by atoms with Gasteiger partial charge in [0.25, 0.3) is 5.91 Å². The van der Waals surface area contributed by atoms with E-state index in [0.717, 1.165) is 44.6 Å². The Morgan fingerprint density at radius 2 is 1.76 bits per heavy atom. The molecule has 3 saturated heterocycles. The van der Waals surface area contributed by atoms with E-state index in [1.807, 2.05) is 40.1 Å². The molecule has 0 aliphatic carbocycles. The molecule has 3 aliphatic rings. The van der Waals surface area contributed by atoms with Crippen LogP contribution in [0.5, 0.6) is 5.75 Å². The van der Waals surface area contributed by atoms with Gasteiger partial charge in [0.2, 0.25) is 5.91 Å². The van der Waals surface area contributed by atoms with Gasteiger partial charge in [-0.25, -0.2) is 0 Å². The van der Waals surface area contributed by atoms with Crippen LogP contribution in [0, 0.1) is 5.41 Å². The highest BCUT2D eigenvalue weighted by molar-refractivity contribution is 5.82. The second-order valence-electron chi connectivity index (χ2n) is 8.56. The Bertz CT molecular complexity index is 712. The third-order valence-electron chi connectivity index (χ3n) is 6.63. The molecule has 3 aliphatic heterocycles. The SMILES string of the molecule is CN1CC2(CCN(C(=O)COc3ccccc3)CC2)CC1C(=O)N1CCOCC1. The lowest BCUT2D eigenvalue weighted by Crippen LogP contribution is -2.48. The molecule has 2 amide bonds. The average molecular weight is 402 g/mol. The van der Waals surface area contributed by atoms with Gasteiger partial charge in [-0.15, -0.1) is 0 Å². The maximum atomic E-state index is 13.0. The van der Waals surface area contributed by atoms with Crippen molar-refractivity contribution in [3.8, 4) is 5.75 Å². The summed E-state index contributed by atoms with van der Waals surface area (Å²) >= 11 is 0. The summed E-state index contributed by atoms with van der Waals surface area (Å²) < 4.78 is 11.0. The molecule has 7 nitrogen and oxygen atoms in total. The van der Waals surface area contributed by atoms with E-state index in [4.69, 9.17) is 9.47 Å². The predicted octanol–water partition coefficient (Wildman–Crippen LogP) is 1.24. The van der Waals surface area contributed by atoms with Gasteiger partial charge in [0, 0.05) is 32.7 Å². The number of likely N-dealkylation sites (tertiary alicyclic amines) is 2. The normalized spacial score (nSPS) is 24.7. The molecular weight excluding hydrogens is 370 g/mol. The average Bonchev–Trinajstić information content (AvgIpc) is 3.09. The lowest BCUT2D eigenvalue weighted by Gasteiger charge is -2.39. The zero-order valence-electron chi connectivity index (χ0n) is 17.2. The van der Waals surface area contributed by atoms with Crippen molar-refractivity contribution in [2.24, 2.45) is 5.41 Å². The molecule has 1 spiro atoms. The Morgan fingerprint density at radius 1 is 1.07 bits per heavy atom. The van der Waals surface area contributed by atoms with Gasteiger partial charge in [0.1, 0.15) is 5.75 Å². The second kappa shape index (κ2) is 8.71. The Hall–Kier alpha value is -2.12. The van der Waals surface area contributed by atoms with Crippen LogP contribution >= 0.6 is 0 Å². The Labute approximate surface area is 172 Å². The van der Waals surface area contributed by atoms with Crippen LogP contribution in [0.1, 0.15) is 19.3 Å². The van der Waals surface area contributed by atoms with Crippen molar-refractivity contribution in [2.75, 3.05) is 59.6 Å². The molecule has 0 aromatic heterocycles. The Morgan fingerprint density at radius 3 is 2.45 bits per heavy atom. The third kappa shape index (κ3) is 4.56. The number of amides is 2. The van der Waals surface area contributed by atoms with Gasteiger partial charge in [0.05, 0.1) is 19.3 Å². The van der Waals surface area contributed by atoms with E-state index in [2.05, 4.69) is 11.9 Å². The van der Waals surface area contributed by atoms with E-state index in [1.165, 1.54) is 0 Å². The lowest BCUT2D eigenvalue weighted by molar-refractivity contribution is -0.140. The number of carbonyl (C=O) groups excluding carboxylic acids is 2. The molecule has 3 heterocycles. The number of hydrogen-bond acceptors (Lipinski definition) is 5. The maximum Gasteiger partial charge on any atom is 0.260 e. The fourth-order valence-electron chi connectivity index (χ4n) is 4.89. The van der Waals surface area contributed by atoms with Crippen LogP contribution in [-0.4, -0.2) is 92.1 Å². The van der Waals surface area contributed by atoms with Crippen LogP contribution in [-0.2, 0) is 14.3 Å². The Kier molecular flexibility index (Phi) is 6.06. The van der Waals surface area contributed by atoms with Crippen LogP contribution in [0.4, 0.5) is 0 Å². The van der Waals surface area contributed by atoms with Gasteiger partial charge in [0.15, 0.2) is 6.61 Å². The number of piperidine rings is 1. The fourth-order valence-corrected chi connectivity index (χ4v) is 4.89. The number of likely N-dealkylation sites (N-methyl/N-ethyl adjacent to an activating group) is 1. The minimum atomic E-state index is -0.0447. The van der Waals surface area contributed by atoms with E-state index in [-0.39, 0.29) is 29.9 Å². The monoisotopic (exact) mass is 401 g/mol. The van der Waals surface area contributed by atoms with Gasteiger partial charge in [-0.05, 0) is 43.9 Å². The number of ether oxygens (including phenoxy) is 2. The first-order chi connectivity index (χ1) is 14.1. The fraction of sp³-hybridized carbons (Fsp3) is 0.636. The number of rotatable bonds is 4. The van der Waals surface area contributed by atoms with Crippen molar-refractivity contribution in [3.05, 3.63) is 30.3 Å². The van der Waals surface area contributed by atoms with Gasteiger partial charge < -0.3 is 19.3 Å². The molecule has 3 fully saturated rings. The molecule has 1 aromatic carbocycles. The van der Waals surface area contributed by atoms with E-state index >= 15 is 0 Å². The number of morpholine rings is 1. The van der Waals surface area contributed by atoms with E-state index in [1.54, 1.807) is 0 Å². The molecule has 1 aromatic rings. The van der Waals surface area contributed by atoms with Gasteiger partial charge in [-0.3, -0.25) is 14.5 Å². The highest BCUT2D eigenvalue weighted by Crippen LogP contribution is 2.43. The summed E-state index contributed by atoms with van der Waals surface area (Å²) in [6.45, 7) is 5.14. The summed E-state index contributed by atoms with van der Waals surface area (Å²) in [5, 5.41) is 0. The van der Waals surface area contributed by atoms with Crippen molar-refractivity contribution in [1.82, 2.24) is 14.7 Å². The predicted molar refractivity (Wildman–Crippen MR) is 109 cm³/mol. The molecule has 29 heavy (non-hydrogen) atoms. The van der Waals surface area contributed by atoms with Gasteiger partial charge in [-0.2, -0.15) is 0 Å². The van der Waals surface area contributed by atoms with Crippen LogP contribution in [0.15, 0.2) is 30.3 Å². The van der Waals surface area contributed by atoms with E-state index in [0.29, 0.717) is 26.3 Å². The molecule has 7 heteroatoms. The first-order valence-electron chi connectivity index (χ1n) is 10.6. The zero-order valence-corrected chi connectivity index (χ0v) is 17.2. The topological polar surface area (TPSA) is 62.3 Å². The molecule has 0 radical (unpaired) electrons. The molecule has 4 rings (SSSR count). The highest BCUT2D eigenvalue weighted by atomic mass is 16.5. The molecule has 158 valence electrons. The molecule has 0 saturated carbocycles. The smallest absolute Gasteiger partial charge is 0.260 e. The molecular formula is C22H31N3O4. The summed E-state index contributed by atoms with van der Waals surface area (Å²) in [6.07, 6.45) is 2.78. The van der Waals surface area contributed by atoms with E-state index < -0.39 is 0 Å². The van der Waals surface area contributed by atoms with Crippen molar-refractivity contribution >= 4 is 11.8 Å². The van der Waals surface area contributed by atoms with Crippen molar-refractivity contribution in [2.45, 2.75) is 25.3 Å². The second-order valence-corrected chi connectivity index (χ2v) is 8.56. The zero-order chi connectivity index (χ0) is 20.3. The van der Waals surface area contributed by atoms with Crippen LogP contribution in [0.2, 0.25) is 0 Å². The van der Waals surface area contributed by atoms with Gasteiger partial charge >= 0.3 is 0 Å². The maximum absolute atomic E-state index is 13.0. The Balaban J connectivity index is 1.28. The first kappa shape index (κ1) is 20.2. The molecule has 1 unspecified atom stereocenters. The molecule has 0 bridgehead atoms. The van der Waals surface area contributed by atoms with Crippen LogP contribution in [0.3, 0.4) is 0 Å². The first-order valence-corrected chi connectivity index (χ1v) is 10.6. The minimum absolute atomic E-state index is 0.0380. The van der Waals surface area contributed by atoms with Crippen molar-refractivity contribution in [3.63, 3.8) is 0 Å². The summed E-state index contributed by atoms with van der Waals surface area (Å²) in [4.78, 5) is 31.6. The largest absolute Gasteiger partial charge is 0.484 e. The number of hydrogen-bond donors (Lipinski definition) is 0. The molecule has 1 atom stereocenters. The standard InChI is InChI=1S/C22H31N3O4/c1-23-17-22(15-19(23)21(27)25-11-13-28-14-12-25)7-9-24(10-8-22)20(26)16-29-18-5-3-2-4-6-18/h2-6,19H,7-17H2,1H3. The molecule has 0 N–H and O–H groups in total. The number of nitrogens with zero attached hydrogens (tertiary/aromatic N) is 3. The van der Waals surface area contributed by atoms with Crippen molar-refractivity contribution in [1.29, 1.82) is 0 Å². The summed E-state index contributed by atoms with van der Waals surface area (Å²) in [5.74, 6) is 0.995. The third-order valence-corrected chi connectivity index (χ3v) is 6.63. The quantitative estimate of drug-likeness (QED) is 0.760. The highest BCUT2D eigenvalue weighted by Gasteiger charge is 2.48. The summed E-state index contributed by atoms with van der Waals surface area (Å²) in [7, 11) is 2.06. The number of para-hydroxylation sites is 1. The van der Waals surface area contributed by atoms with Crippen molar-refractivity contribution < 1.29 is 19.1 Å². The minimum Gasteiger partial charge on any atom is -0.484 e.